The maximum atomic E-state index is 12.3. The lowest BCUT2D eigenvalue weighted by atomic mass is 10.1. The molecule has 0 spiro atoms. The average Bonchev–Trinajstić information content (AvgIpc) is 3.28. The lowest BCUT2D eigenvalue weighted by Gasteiger charge is -2.09. The quantitative estimate of drug-likeness (QED) is 0.477. The van der Waals surface area contributed by atoms with Crippen LogP contribution in [0.25, 0.3) is 5.82 Å². The van der Waals surface area contributed by atoms with E-state index in [0.29, 0.717) is 36.1 Å². The third-order valence-electron chi connectivity index (χ3n) is 4.62. The minimum Gasteiger partial charge on any atom is -0.439 e. The van der Waals surface area contributed by atoms with Crippen LogP contribution in [0.4, 0.5) is 5.69 Å². The number of benzene rings is 2. The first-order valence-electron chi connectivity index (χ1n) is 10.0. The van der Waals surface area contributed by atoms with Crippen molar-refractivity contribution in [1.29, 1.82) is 0 Å². The summed E-state index contributed by atoms with van der Waals surface area (Å²) in [6.45, 7) is 3.85. The number of nitrogens with zero attached hydrogens (tertiary/aromatic N) is 4. The zero-order chi connectivity index (χ0) is 21.6. The van der Waals surface area contributed by atoms with Gasteiger partial charge in [0.25, 0.3) is 0 Å². The van der Waals surface area contributed by atoms with Crippen LogP contribution < -0.4 is 10.1 Å². The third-order valence-corrected chi connectivity index (χ3v) is 4.62. The van der Waals surface area contributed by atoms with Crippen molar-refractivity contribution >= 4 is 11.6 Å². The second-order valence-electron chi connectivity index (χ2n) is 7.23. The molecule has 4 aromatic rings. The molecule has 1 N–H and O–H groups in total. The van der Waals surface area contributed by atoms with Crippen LogP contribution in [-0.2, 0) is 11.2 Å². The van der Waals surface area contributed by atoms with E-state index < -0.39 is 0 Å². The molecule has 0 fully saturated rings. The van der Waals surface area contributed by atoms with Gasteiger partial charge in [-0.05, 0) is 56.2 Å². The predicted molar refractivity (Wildman–Crippen MR) is 119 cm³/mol. The van der Waals surface area contributed by atoms with Crippen LogP contribution in [0.3, 0.4) is 0 Å². The Hall–Kier alpha value is -4.00. The minimum atomic E-state index is -0.0227. The second kappa shape index (κ2) is 9.21. The van der Waals surface area contributed by atoms with Crippen LogP contribution in [0.15, 0.2) is 73.1 Å². The highest BCUT2D eigenvalue weighted by molar-refractivity contribution is 5.90. The smallest absolute Gasteiger partial charge is 0.224 e. The van der Waals surface area contributed by atoms with Crippen LogP contribution in [0.5, 0.6) is 11.6 Å². The van der Waals surface area contributed by atoms with Gasteiger partial charge in [-0.15, -0.1) is 0 Å². The number of rotatable bonds is 7. The standard InChI is InChI=1S/C24H23N5O2/c1-17-5-3-6-19(15-17)7-12-23(30)28-20-8-10-21(11-9-20)31-24-16-22(26-18(2)27-24)29-14-4-13-25-29/h3-6,8-11,13-16H,7,12H2,1-2H3,(H,28,30). The van der Waals surface area contributed by atoms with Gasteiger partial charge in [0, 0.05) is 30.6 Å². The maximum Gasteiger partial charge on any atom is 0.224 e. The zero-order valence-electron chi connectivity index (χ0n) is 17.4. The molecule has 156 valence electrons. The number of carbonyl (C=O) groups excluding carboxylic acids is 1. The monoisotopic (exact) mass is 413 g/mol. The maximum absolute atomic E-state index is 12.3. The molecule has 7 heteroatoms. The van der Waals surface area contributed by atoms with Gasteiger partial charge in [0.2, 0.25) is 11.8 Å². The molecule has 1 amide bonds. The molecule has 0 bridgehead atoms. The van der Waals surface area contributed by atoms with Crippen molar-refractivity contribution in [3.05, 3.63) is 90.0 Å². The fraction of sp³-hybridized carbons (Fsp3) is 0.167. The van der Waals surface area contributed by atoms with Gasteiger partial charge in [0.05, 0.1) is 0 Å². The first-order chi connectivity index (χ1) is 15.0. The molecule has 0 aliphatic rings. The fourth-order valence-electron chi connectivity index (χ4n) is 3.18. The van der Waals surface area contributed by atoms with E-state index in [2.05, 4.69) is 26.4 Å². The van der Waals surface area contributed by atoms with Crippen molar-refractivity contribution < 1.29 is 9.53 Å². The molecule has 0 saturated heterocycles. The van der Waals surface area contributed by atoms with E-state index in [-0.39, 0.29) is 5.91 Å². The zero-order valence-corrected chi connectivity index (χ0v) is 17.4. The average molecular weight is 413 g/mol. The lowest BCUT2D eigenvalue weighted by molar-refractivity contribution is -0.116. The van der Waals surface area contributed by atoms with E-state index >= 15 is 0 Å². The number of hydrogen-bond donors (Lipinski definition) is 1. The normalized spacial score (nSPS) is 10.6. The van der Waals surface area contributed by atoms with Crippen molar-refractivity contribution in [3.63, 3.8) is 0 Å². The summed E-state index contributed by atoms with van der Waals surface area (Å²) in [7, 11) is 0. The Kier molecular flexibility index (Phi) is 6.03. The molecule has 0 saturated carbocycles. The number of aromatic nitrogens is 4. The SMILES string of the molecule is Cc1cccc(CCC(=O)Nc2ccc(Oc3cc(-n4cccn4)nc(C)n3)cc2)c1. The highest BCUT2D eigenvalue weighted by atomic mass is 16.5. The third kappa shape index (κ3) is 5.54. The summed E-state index contributed by atoms with van der Waals surface area (Å²) in [5.74, 6) is 2.23. The Morgan fingerprint density at radius 3 is 2.61 bits per heavy atom. The van der Waals surface area contributed by atoms with Crippen LogP contribution in [0.2, 0.25) is 0 Å². The van der Waals surface area contributed by atoms with Gasteiger partial charge >= 0.3 is 0 Å². The molecule has 0 atom stereocenters. The van der Waals surface area contributed by atoms with Crippen molar-refractivity contribution in [2.45, 2.75) is 26.7 Å². The molecule has 2 heterocycles. The van der Waals surface area contributed by atoms with Gasteiger partial charge in [0.15, 0.2) is 5.82 Å². The highest BCUT2D eigenvalue weighted by Crippen LogP contribution is 2.23. The van der Waals surface area contributed by atoms with Crippen molar-refractivity contribution in [3.8, 4) is 17.4 Å². The van der Waals surface area contributed by atoms with Gasteiger partial charge < -0.3 is 10.1 Å². The predicted octanol–water partition coefficient (Wildman–Crippen LogP) is 4.64. The Morgan fingerprint density at radius 1 is 1.03 bits per heavy atom. The van der Waals surface area contributed by atoms with E-state index in [4.69, 9.17) is 4.74 Å². The van der Waals surface area contributed by atoms with E-state index in [0.717, 1.165) is 11.3 Å². The summed E-state index contributed by atoms with van der Waals surface area (Å²) >= 11 is 0. The largest absolute Gasteiger partial charge is 0.439 e. The summed E-state index contributed by atoms with van der Waals surface area (Å²) in [4.78, 5) is 21.0. The Bertz CT molecular complexity index is 1170. The van der Waals surface area contributed by atoms with E-state index in [1.165, 1.54) is 5.56 Å². The molecule has 0 aliphatic heterocycles. The van der Waals surface area contributed by atoms with Crippen LogP contribution in [0, 0.1) is 13.8 Å². The number of hydrogen-bond acceptors (Lipinski definition) is 5. The molecule has 7 nitrogen and oxygen atoms in total. The van der Waals surface area contributed by atoms with Crippen LogP contribution >= 0.6 is 0 Å². The van der Waals surface area contributed by atoms with Gasteiger partial charge in [0.1, 0.15) is 11.6 Å². The van der Waals surface area contributed by atoms with E-state index in [1.54, 1.807) is 36.0 Å². The molecular weight excluding hydrogens is 390 g/mol. The number of ether oxygens (including phenoxy) is 1. The summed E-state index contributed by atoms with van der Waals surface area (Å²) in [6.07, 6.45) is 4.63. The molecule has 0 unspecified atom stereocenters. The summed E-state index contributed by atoms with van der Waals surface area (Å²) in [5, 5.41) is 7.11. The van der Waals surface area contributed by atoms with Crippen molar-refractivity contribution in [2.75, 3.05) is 5.32 Å². The molecule has 0 aliphatic carbocycles. The minimum absolute atomic E-state index is 0.0227. The molecular formula is C24H23N5O2. The van der Waals surface area contributed by atoms with Crippen LogP contribution in [-0.4, -0.2) is 25.7 Å². The second-order valence-corrected chi connectivity index (χ2v) is 7.23. The number of nitrogens with one attached hydrogen (secondary N) is 1. The number of anilines is 1. The summed E-state index contributed by atoms with van der Waals surface area (Å²) in [6, 6.07) is 19.0. The summed E-state index contributed by atoms with van der Waals surface area (Å²) in [5.41, 5.74) is 3.08. The number of carbonyl (C=O) groups is 1. The van der Waals surface area contributed by atoms with Crippen LogP contribution in [0.1, 0.15) is 23.4 Å². The lowest BCUT2D eigenvalue weighted by Crippen LogP contribution is -2.12. The summed E-state index contributed by atoms with van der Waals surface area (Å²) < 4.78 is 7.52. The van der Waals surface area contributed by atoms with Gasteiger partial charge in [-0.25, -0.2) is 9.67 Å². The first kappa shape index (κ1) is 20.3. The topological polar surface area (TPSA) is 81.9 Å². The molecule has 4 rings (SSSR count). The molecule has 2 aromatic carbocycles. The molecule has 31 heavy (non-hydrogen) atoms. The molecule has 2 aromatic heterocycles. The number of amides is 1. The van der Waals surface area contributed by atoms with Gasteiger partial charge in [-0.2, -0.15) is 10.1 Å². The Labute approximate surface area is 180 Å². The highest BCUT2D eigenvalue weighted by Gasteiger charge is 2.08. The first-order valence-corrected chi connectivity index (χ1v) is 10.0. The number of aryl methyl sites for hydroxylation is 3. The molecule has 0 radical (unpaired) electrons. The van der Waals surface area contributed by atoms with Gasteiger partial charge in [-0.3, -0.25) is 4.79 Å². The van der Waals surface area contributed by atoms with E-state index in [9.17, 15) is 4.79 Å². The fourth-order valence-corrected chi connectivity index (χ4v) is 3.18. The van der Waals surface area contributed by atoms with E-state index in [1.807, 2.05) is 49.5 Å². The van der Waals surface area contributed by atoms with Crippen molar-refractivity contribution in [1.82, 2.24) is 19.7 Å². The van der Waals surface area contributed by atoms with Crippen molar-refractivity contribution in [2.24, 2.45) is 0 Å². The Morgan fingerprint density at radius 2 is 1.87 bits per heavy atom. The van der Waals surface area contributed by atoms with Gasteiger partial charge in [-0.1, -0.05) is 29.8 Å². The Balaban J connectivity index is 1.36.